The van der Waals surface area contributed by atoms with Crippen LogP contribution in [0, 0.1) is 5.92 Å². The number of aromatic hydroxyl groups is 1. The van der Waals surface area contributed by atoms with E-state index >= 15 is 4.79 Å². The maximum atomic E-state index is 15.3. The summed E-state index contributed by atoms with van der Waals surface area (Å²) in [5, 5.41) is 12.3. The number of pyridine rings is 1. The maximum Gasteiger partial charge on any atom is 0.417 e. The van der Waals surface area contributed by atoms with Crippen LogP contribution in [0.2, 0.25) is 10.0 Å². The molecule has 0 bridgehead atoms. The first-order valence-electron chi connectivity index (χ1n) is 16.6. The monoisotopic (exact) mass is 856 g/mol. The number of phenolic OH excluding ortho intramolecular Hbond substituents is 1. The van der Waals surface area contributed by atoms with Crippen molar-refractivity contribution in [3.63, 3.8) is 0 Å². The van der Waals surface area contributed by atoms with Crippen LogP contribution in [0.15, 0.2) is 105 Å². The molecule has 4 heterocycles. The van der Waals surface area contributed by atoms with Crippen molar-refractivity contribution >= 4 is 56.8 Å². The average molecular weight is 858 g/mol. The molecule has 12 nitrogen and oxygen atoms in total. The van der Waals surface area contributed by atoms with Gasteiger partial charge in [0, 0.05) is 27.2 Å². The number of ether oxygens (including phenoxy) is 1. The third kappa shape index (κ3) is 5.52. The van der Waals surface area contributed by atoms with E-state index < -0.39 is 69.1 Å². The number of hydrogen-bond donors (Lipinski definition) is 2. The number of imide groups is 1. The molecular formula is C37H26BrCl2F3N6O6. The number of amides is 2. The van der Waals surface area contributed by atoms with Crippen molar-refractivity contribution in [2.24, 2.45) is 5.92 Å². The van der Waals surface area contributed by atoms with Crippen molar-refractivity contribution < 1.29 is 32.6 Å². The number of anilines is 1. The second-order valence-corrected chi connectivity index (χ2v) is 14.9. The van der Waals surface area contributed by atoms with Gasteiger partial charge in [-0.2, -0.15) is 18.2 Å². The molecular weight excluding hydrogens is 832 g/mol. The van der Waals surface area contributed by atoms with Gasteiger partial charge in [-0.3, -0.25) is 15.0 Å². The standard InChI is InChI=1S/C37H26BrCl2F3N6O6/c1-55-28-15-20(38)14-24(30(28)50)29-23-11-12-46-34(53)47(22-5-3-2-4-6-22)35(54)49(46)27(23)16-25-32(51)48(33(52)36(25,29)18-7-9-21(39)10-8-18)45-31-26(40)13-19(17-44-31)37(41,42)43/h2-11,13-15,17,25,27,29,50H,12,16H2,1H3,(H,44,45)/t25-,27+,29+,36+/m0/s1. The van der Waals surface area contributed by atoms with Crippen LogP contribution in [0.5, 0.6) is 11.5 Å². The van der Waals surface area contributed by atoms with Gasteiger partial charge in [-0.05, 0) is 60.0 Å². The first kappa shape index (κ1) is 36.6. The number of nitrogens with one attached hydrogen (secondary N) is 1. The van der Waals surface area contributed by atoms with Crippen LogP contribution in [0.1, 0.15) is 35.1 Å². The quantitative estimate of drug-likeness (QED) is 0.144. The number of hydrogen-bond acceptors (Lipinski definition) is 8. The predicted molar refractivity (Wildman–Crippen MR) is 197 cm³/mol. The second kappa shape index (κ2) is 13.2. The van der Waals surface area contributed by atoms with Crippen molar-refractivity contribution in [1.29, 1.82) is 0 Å². The number of para-hydroxylation sites is 1. The molecule has 1 aliphatic carbocycles. The van der Waals surface area contributed by atoms with Crippen LogP contribution in [-0.2, 0) is 27.7 Å². The number of aromatic nitrogens is 4. The van der Waals surface area contributed by atoms with Crippen molar-refractivity contribution in [3.05, 3.63) is 143 Å². The highest BCUT2D eigenvalue weighted by molar-refractivity contribution is 9.10. The first-order chi connectivity index (χ1) is 26.2. The van der Waals surface area contributed by atoms with Gasteiger partial charge in [-0.1, -0.05) is 75.5 Å². The highest BCUT2D eigenvalue weighted by Crippen LogP contribution is 2.63. The lowest BCUT2D eigenvalue weighted by molar-refractivity contribution is -0.139. The zero-order valence-corrected chi connectivity index (χ0v) is 31.3. The molecule has 3 aromatic carbocycles. The minimum atomic E-state index is -4.77. The van der Waals surface area contributed by atoms with Crippen molar-refractivity contribution in [2.75, 3.05) is 12.5 Å². The van der Waals surface area contributed by atoms with E-state index in [1.54, 1.807) is 54.6 Å². The molecule has 4 atom stereocenters. The van der Waals surface area contributed by atoms with Gasteiger partial charge in [0.05, 0.1) is 47.3 Å². The zero-order valence-electron chi connectivity index (χ0n) is 28.2. The number of allylic oxidation sites excluding steroid dienone is 2. The summed E-state index contributed by atoms with van der Waals surface area (Å²) in [6, 6.07) is 17.2. The van der Waals surface area contributed by atoms with E-state index in [0.717, 1.165) is 4.57 Å². The van der Waals surface area contributed by atoms with Crippen LogP contribution < -0.4 is 21.5 Å². The van der Waals surface area contributed by atoms with Gasteiger partial charge in [-0.25, -0.2) is 28.5 Å². The molecule has 1 saturated heterocycles. The molecule has 18 heteroatoms. The SMILES string of the molecule is COc1cc(Br)cc([C@H]2C3=CCn4c(=O)n(-c5ccccc5)c(=O)n4[C@@H]3C[C@H]3C(=O)N(Nc4ncc(C(F)(F)F)cc4Cl)C(=O)[C@@]23c2ccc(Cl)cc2)c1O. The highest BCUT2D eigenvalue weighted by atomic mass is 79.9. The number of hydrazine groups is 1. The molecule has 0 radical (unpaired) electrons. The Morgan fingerprint density at radius 1 is 1.00 bits per heavy atom. The van der Waals surface area contributed by atoms with Gasteiger partial charge in [-0.15, -0.1) is 0 Å². The van der Waals surface area contributed by atoms with Gasteiger partial charge in [0.15, 0.2) is 17.3 Å². The van der Waals surface area contributed by atoms with Gasteiger partial charge in [0.2, 0.25) is 0 Å². The minimum absolute atomic E-state index is 0.0301. The Kier molecular flexibility index (Phi) is 8.77. The number of halogens is 6. The van der Waals surface area contributed by atoms with E-state index in [2.05, 4.69) is 26.3 Å². The van der Waals surface area contributed by atoms with E-state index in [1.165, 1.54) is 34.7 Å². The third-order valence-corrected chi connectivity index (χ3v) is 11.4. The van der Waals surface area contributed by atoms with Crippen molar-refractivity contribution in [3.8, 4) is 17.2 Å². The highest BCUT2D eigenvalue weighted by Gasteiger charge is 2.69. The third-order valence-electron chi connectivity index (χ3n) is 10.4. The molecule has 2 fully saturated rings. The predicted octanol–water partition coefficient (Wildman–Crippen LogP) is 6.62. The average Bonchev–Trinajstić information content (AvgIpc) is 3.54. The van der Waals surface area contributed by atoms with Crippen LogP contribution in [0.3, 0.4) is 0 Å². The Balaban J connectivity index is 1.39. The maximum absolute atomic E-state index is 15.3. The first-order valence-corrected chi connectivity index (χ1v) is 18.1. The summed E-state index contributed by atoms with van der Waals surface area (Å²) in [5.74, 6) is -4.98. The van der Waals surface area contributed by atoms with Crippen LogP contribution >= 0.6 is 39.1 Å². The topological polar surface area (TPSA) is 141 Å². The van der Waals surface area contributed by atoms with Gasteiger partial charge in [0.25, 0.3) is 11.8 Å². The summed E-state index contributed by atoms with van der Waals surface area (Å²) in [4.78, 5) is 62.2. The Labute approximate surface area is 327 Å². The molecule has 2 aliphatic heterocycles. The Morgan fingerprint density at radius 3 is 2.36 bits per heavy atom. The number of fused-ring (bicyclic) bond motifs is 4. The van der Waals surface area contributed by atoms with Crippen LogP contribution in [0.4, 0.5) is 19.0 Å². The van der Waals surface area contributed by atoms with Crippen LogP contribution in [0.25, 0.3) is 5.69 Å². The number of benzene rings is 3. The summed E-state index contributed by atoms with van der Waals surface area (Å²) in [5.41, 5.74) is -0.621. The summed E-state index contributed by atoms with van der Waals surface area (Å²) in [6.07, 6.45) is -2.76. The zero-order chi connectivity index (χ0) is 39.1. The Hall–Kier alpha value is -5.32. The summed E-state index contributed by atoms with van der Waals surface area (Å²) >= 11 is 16.0. The van der Waals surface area contributed by atoms with E-state index in [-0.39, 0.29) is 30.0 Å². The Morgan fingerprint density at radius 2 is 1.71 bits per heavy atom. The molecule has 2 aromatic heterocycles. The van der Waals surface area contributed by atoms with Crippen LogP contribution in [-0.4, -0.2) is 48.0 Å². The van der Waals surface area contributed by atoms with Gasteiger partial charge >= 0.3 is 17.6 Å². The van der Waals surface area contributed by atoms with E-state index in [9.17, 15) is 32.7 Å². The van der Waals surface area contributed by atoms with Gasteiger partial charge in [0.1, 0.15) is 0 Å². The Bertz CT molecular complexity index is 2580. The van der Waals surface area contributed by atoms with E-state index in [0.29, 0.717) is 43.6 Å². The lowest BCUT2D eigenvalue weighted by Crippen LogP contribution is -2.53. The molecule has 2 N–H and O–H groups in total. The molecule has 2 amide bonds. The number of carbonyl (C=O) groups excluding carboxylic acids is 2. The number of carbonyl (C=O) groups is 2. The lowest BCUT2D eigenvalue weighted by Gasteiger charge is -2.49. The van der Waals surface area contributed by atoms with E-state index in [4.69, 9.17) is 27.9 Å². The van der Waals surface area contributed by atoms with Gasteiger partial charge < -0.3 is 9.84 Å². The second-order valence-electron chi connectivity index (χ2n) is 13.2. The number of nitrogens with zero attached hydrogens (tertiary/aromatic N) is 5. The fraction of sp³-hybridized carbons (Fsp3) is 0.216. The molecule has 1 saturated carbocycles. The summed E-state index contributed by atoms with van der Waals surface area (Å²) in [7, 11) is 1.34. The van der Waals surface area contributed by atoms with Crippen molar-refractivity contribution in [1.82, 2.24) is 23.9 Å². The summed E-state index contributed by atoms with van der Waals surface area (Å²) in [6.45, 7) is -0.112. The smallest absolute Gasteiger partial charge is 0.417 e. The molecule has 3 aliphatic rings. The number of alkyl halides is 3. The number of methoxy groups -OCH3 is 1. The van der Waals surface area contributed by atoms with Crippen molar-refractivity contribution in [2.45, 2.75) is 36.5 Å². The number of rotatable bonds is 6. The molecule has 0 spiro atoms. The fourth-order valence-electron chi connectivity index (χ4n) is 8.16. The molecule has 8 rings (SSSR count). The minimum Gasteiger partial charge on any atom is -0.504 e. The van der Waals surface area contributed by atoms with E-state index in [1.807, 2.05) is 0 Å². The molecule has 0 unspecified atom stereocenters. The summed E-state index contributed by atoms with van der Waals surface area (Å²) < 4.78 is 49.9. The lowest BCUT2D eigenvalue weighted by atomic mass is 9.53. The largest absolute Gasteiger partial charge is 0.504 e. The molecule has 282 valence electrons. The molecule has 55 heavy (non-hydrogen) atoms. The number of phenols is 1. The molecule has 5 aromatic rings. The normalized spacial score (nSPS) is 21.8. The fourth-order valence-corrected chi connectivity index (χ4v) is 8.95.